The summed E-state index contributed by atoms with van der Waals surface area (Å²) in [5.41, 5.74) is 6.21. The lowest BCUT2D eigenvalue weighted by Crippen LogP contribution is -2.15. The molecule has 1 aromatic heterocycles. The summed E-state index contributed by atoms with van der Waals surface area (Å²) in [6.07, 6.45) is 2.12. The van der Waals surface area contributed by atoms with E-state index >= 15 is 0 Å². The molecule has 1 fully saturated rings. The zero-order chi connectivity index (χ0) is 12.7. The number of hydrogen-bond donors (Lipinski definition) is 1. The van der Waals surface area contributed by atoms with Gasteiger partial charge in [0.25, 0.3) is 0 Å². The number of benzene rings is 1. The van der Waals surface area contributed by atoms with Gasteiger partial charge in [-0.2, -0.15) is 4.98 Å². The summed E-state index contributed by atoms with van der Waals surface area (Å²) < 4.78 is 18.8. The van der Waals surface area contributed by atoms with Crippen molar-refractivity contribution in [3.8, 4) is 0 Å². The Morgan fingerprint density at radius 3 is 2.94 bits per heavy atom. The highest BCUT2D eigenvalue weighted by Gasteiger charge is 2.31. The highest BCUT2D eigenvalue weighted by atomic mass is 35.5. The van der Waals surface area contributed by atoms with Gasteiger partial charge in [-0.15, -0.1) is 0 Å². The molecule has 0 saturated heterocycles. The number of nitrogens with zero attached hydrogens (tertiary/aromatic N) is 2. The SMILES string of the molecule is NC(c1noc(C2CC2)n1)c1cc(Cl)ccc1F. The third-order valence-corrected chi connectivity index (χ3v) is 3.19. The van der Waals surface area contributed by atoms with Crippen molar-refractivity contribution in [1.29, 1.82) is 0 Å². The van der Waals surface area contributed by atoms with Gasteiger partial charge in [-0.3, -0.25) is 0 Å². The first-order valence-corrected chi connectivity index (χ1v) is 6.07. The molecule has 1 aliphatic rings. The molecular formula is C12H11ClFN3O. The van der Waals surface area contributed by atoms with Crippen LogP contribution in [0.2, 0.25) is 5.02 Å². The molecule has 1 atom stereocenters. The van der Waals surface area contributed by atoms with Crippen LogP contribution in [0, 0.1) is 5.82 Å². The zero-order valence-electron chi connectivity index (χ0n) is 9.44. The van der Waals surface area contributed by atoms with Gasteiger partial charge in [0.15, 0.2) is 5.82 Å². The molecule has 1 heterocycles. The van der Waals surface area contributed by atoms with E-state index in [2.05, 4.69) is 10.1 Å². The van der Waals surface area contributed by atoms with Crippen LogP contribution in [0.5, 0.6) is 0 Å². The molecule has 3 rings (SSSR count). The summed E-state index contributed by atoms with van der Waals surface area (Å²) in [7, 11) is 0. The van der Waals surface area contributed by atoms with E-state index in [1.54, 1.807) is 0 Å². The van der Waals surface area contributed by atoms with Gasteiger partial charge in [0.1, 0.15) is 5.82 Å². The first kappa shape index (κ1) is 11.6. The maximum atomic E-state index is 13.7. The average molecular weight is 268 g/mol. The molecule has 2 aromatic rings. The minimum atomic E-state index is -0.764. The Morgan fingerprint density at radius 2 is 2.22 bits per heavy atom. The predicted octanol–water partition coefficient (Wildman–Crippen LogP) is 2.79. The molecule has 18 heavy (non-hydrogen) atoms. The molecule has 0 radical (unpaired) electrons. The van der Waals surface area contributed by atoms with Gasteiger partial charge in [0, 0.05) is 16.5 Å². The third kappa shape index (κ3) is 2.11. The summed E-state index contributed by atoms with van der Waals surface area (Å²) in [6, 6.07) is 3.47. The maximum absolute atomic E-state index is 13.7. The molecular weight excluding hydrogens is 257 g/mol. The number of halogens is 2. The van der Waals surface area contributed by atoms with Crippen molar-refractivity contribution in [2.24, 2.45) is 5.73 Å². The first-order chi connectivity index (χ1) is 8.65. The quantitative estimate of drug-likeness (QED) is 0.929. The number of rotatable bonds is 3. The molecule has 0 spiro atoms. The van der Waals surface area contributed by atoms with Crippen LogP contribution in [0.4, 0.5) is 4.39 Å². The standard InChI is InChI=1S/C12H11ClFN3O/c13-7-3-4-9(14)8(5-7)10(15)11-16-12(18-17-11)6-1-2-6/h3-6,10H,1-2,15H2. The van der Waals surface area contributed by atoms with E-state index in [4.69, 9.17) is 21.9 Å². The van der Waals surface area contributed by atoms with Crippen LogP contribution in [0.3, 0.4) is 0 Å². The van der Waals surface area contributed by atoms with E-state index in [0.29, 0.717) is 16.8 Å². The van der Waals surface area contributed by atoms with Crippen LogP contribution in [0.1, 0.15) is 42.1 Å². The third-order valence-electron chi connectivity index (χ3n) is 2.96. The summed E-state index contributed by atoms with van der Waals surface area (Å²) in [4.78, 5) is 4.21. The number of aromatic nitrogens is 2. The fraction of sp³-hybridized carbons (Fsp3) is 0.333. The summed E-state index contributed by atoms with van der Waals surface area (Å²) in [5, 5.41) is 4.23. The topological polar surface area (TPSA) is 64.9 Å². The van der Waals surface area contributed by atoms with Gasteiger partial charge in [0.2, 0.25) is 5.89 Å². The van der Waals surface area contributed by atoms with Crippen molar-refractivity contribution >= 4 is 11.6 Å². The van der Waals surface area contributed by atoms with Gasteiger partial charge in [-0.05, 0) is 31.0 Å². The summed E-state index contributed by atoms with van der Waals surface area (Å²) >= 11 is 5.83. The van der Waals surface area contributed by atoms with Crippen LogP contribution in [-0.4, -0.2) is 10.1 Å². The van der Waals surface area contributed by atoms with Gasteiger partial charge in [0.05, 0.1) is 6.04 Å². The second kappa shape index (κ2) is 4.33. The highest BCUT2D eigenvalue weighted by molar-refractivity contribution is 6.30. The summed E-state index contributed by atoms with van der Waals surface area (Å²) in [6.45, 7) is 0. The van der Waals surface area contributed by atoms with Gasteiger partial charge in [-0.1, -0.05) is 16.8 Å². The van der Waals surface area contributed by atoms with E-state index in [-0.39, 0.29) is 11.4 Å². The molecule has 1 unspecified atom stereocenters. The lowest BCUT2D eigenvalue weighted by Gasteiger charge is -2.08. The fourth-order valence-electron chi connectivity index (χ4n) is 1.76. The monoisotopic (exact) mass is 267 g/mol. The Labute approximate surface area is 108 Å². The van der Waals surface area contributed by atoms with Crippen molar-refractivity contribution < 1.29 is 8.91 Å². The van der Waals surface area contributed by atoms with E-state index in [0.717, 1.165) is 12.8 Å². The Bertz CT molecular complexity index is 582. The van der Waals surface area contributed by atoms with E-state index in [9.17, 15) is 4.39 Å². The highest BCUT2D eigenvalue weighted by Crippen LogP contribution is 2.39. The zero-order valence-corrected chi connectivity index (χ0v) is 10.2. The Kier molecular flexibility index (Phi) is 2.80. The van der Waals surface area contributed by atoms with Crippen molar-refractivity contribution in [2.75, 3.05) is 0 Å². The molecule has 4 nitrogen and oxygen atoms in total. The van der Waals surface area contributed by atoms with Crippen LogP contribution in [-0.2, 0) is 0 Å². The molecule has 1 aromatic carbocycles. The van der Waals surface area contributed by atoms with Crippen LogP contribution in [0.25, 0.3) is 0 Å². The van der Waals surface area contributed by atoms with E-state index < -0.39 is 11.9 Å². The minimum Gasteiger partial charge on any atom is -0.339 e. The lowest BCUT2D eigenvalue weighted by molar-refractivity contribution is 0.372. The lowest BCUT2D eigenvalue weighted by atomic mass is 10.1. The van der Waals surface area contributed by atoms with Gasteiger partial charge < -0.3 is 10.3 Å². The molecule has 6 heteroatoms. The second-order valence-electron chi connectivity index (χ2n) is 4.41. The molecule has 94 valence electrons. The largest absolute Gasteiger partial charge is 0.339 e. The maximum Gasteiger partial charge on any atom is 0.229 e. The van der Waals surface area contributed by atoms with Crippen molar-refractivity contribution in [1.82, 2.24) is 10.1 Å². The molecule has 0 bridgehead atoms. The number of nitrogens with two attached hydrogens (primary N) is 1. The fourth-order valence-corrected chi connectivity index (χ4v) is 1.94. The molecule has 2 N–H and O–H groups in total. The Balaban J connectivity index is 1.92. The van der Waals surface area contributed by atoms with Crippen LogP contribution < -0.4 is 5.73 Å². The number of hydrogen-bond acceptors (Lipinski definition) is 4. The Hall–Kier alpha value is -1.46. The van der Waals surface area contributed by atoms with Gasteiger partial charge >= 0.3 is 0 Å². The van der Waals surface area contributed by atoms with E-state index in [1.165, 1.54) is 18.2 Å². The van der Waals surface area contributed by atoms with Crippen LogP contribution >= 0.6 is 11.6 Å². The normalized spacial score (nSPS) is 16.8. The average Bonchev–Trinajstić information content (AvgIpc) is 3.09. The summed E-state index contributed by atoms with van der Waals surface area (Å²) in [5.74, 6) is 0.799. The molecule has 0 amide bonds. The van der Waals surface area contributed by atoms with Gasteiger partial charge in [-0.25, -0.2) is 4.39 Å². The van der Waals surface area contributed by atoms with Crippen molar-refractivity contribution in [3.05, 3.63) is 46.3 Å². The predicted molar refractivity (Wildman–Crippen MR) is 63.7 cm³/mol. The first-order valence-electron chi connectivity index (χ1n) is 5.69. The Morgan fingerprint density at radius 1 is 1.44 bits per heavy atom. The molecule has 0 aliphatic heterocycles. The van der Waals surface area contributed by atoms with Crippen LogP contribution in [0.15, 0.2) is 22.7 Å². The minimum absolute atomic E-state index is 0.269. The smallest absolute Gasteiger partial charge is 0.229 e. The second-order valence-corrected chi connectivity index (χ2v) is 4.85. The molecule has 1 aliphatic carbocycles. The van der Waals surface area contributed by atoms with Crippen molar-refractivity contribution in [2.45, 2.75) is 24.8 Å². The molecule has 1 saturated carbocycles. The van der Waals surface area contributed by atoms with Crippen molar-refractivity contribution in [3.63, 3.8) is 0 Å². The van der Waals surface area contributed by atoms with E-state index in [1.807, 2.05) is 0 Å².